The smallest absolute Gasteiger partial charge is 0.308 e. The number of carbonyl (C=O) groups excluding carboxylic acids is 1. The minimum absolute atomic E-state index is 0.00782. The summed E-state index contributed by atoms with van der Waals surface area (Å²) in [5.74, 6) is -1.22. The Balaban J connectivity index is 2.65. The monoisotopic (exact) mass is 242 g/mol. The molecule has 0 bridgehead atoms. The summed E-state index contributed by atoms with van der Waals surface area (Å²) in [7, 11) is 0. The van der Waals surface area contributed by atoms with E-state index in [1.165, 1.54) is 0 Å². The number of carbonyl (C=O) groups is 2. The lowest BCUT2D eigenvalue weighted by molar-refractivity contribution is -0.147. The van der Waals surface area contributed by atoms with Gasteiger partial charge in [-0.1, -0.05) is 13.8 Å². The van der Waals surface area contributed by atoms with E-state index in [-0.39, 0.29) is 17.7 Å². The van der Waals surface area contributed by atoms with E-state index < -0.39 is 11.9 Å². The Bertz CT molecular complexity index is 291. The van der Waals surface area contributed by atoms with E-state index >= 15 is 0 Å². The first-order valence-electron chi connectivity index (χ1n) is 6.19. The van der Waals surface area contributed by atoms with Crippen LogP contribution >= 0.6 is 0 Å². The van der Waals surface area contributed by atoms with Crippen LogP contribution < -0.4 is 5.73 Å². The number of carboxylic acid groups (broad SMARTS) is 1. The molecule has 1 unspecified atom stereocenters. The third kappa shape index (κ3) is 3.43. The predicted molar refractivity (Wildman–Crippen MR) is 64.3 cm³/mol. The van der Waals surface area contributed by atoms with Gasteiger partial charge in [-0.25, -0.2) is 0 Å². The molecule has 1 heterocycles. The zero-order valence-electron chi connectivity index (χ0n) is 10.6. The van der Waals surface area contributed by atoms with Gasteiger partial charge in [0, 0.05) is 19.6 Å². The topological polar surface area (TPSA) is 83.6 Å². The van der Waals surface area contributed by atoms with Crippen LogP contribution in [0.1, 0.15) is 26.7 Å². The minimum Gasteiger partial charge on any atom is -0.481 e. The molecule has 1 rings (SSSR count). The van der Waals surface area contributed by atoms with Crippen LogP contribution in [0.15, 0.2) is 0 Å². The average molecular weight is 242 g/mol. The highest BCUT2D eigenvalue weighted by molar-refractivity contribution is 5.80. The maximum Gasteiger partial charge on any atom is 0.308 e. The van der Waals surface area contributed by atoms with Gasteiger partial charge in [-0.3, -0.25) is 9.59 Å². The van der Waals surface area contributed by atoms with Crippen LogP contribution in [-0.2, 0) is 9.59 Å². The number of amides is 1. The number of nitrogens with two attached hydrogens (primary N) is 1. The van der Waals surface area contributed by atoms with Crippen LogP contribution in [0.3, 0.4) is 0 Å². The predicted octanol–water partition coefficient (Wildman–Crippen LogP) is 0.541. The molecule has 0 aliphatic carbocycles. The van der Waals surface area contributed by atoms with E-state index in [4.69, 9.17) is 10.8 Å². The van der Waals surface area contributed by atoms with Crippen molar-refractivity contribution in [1.29, 1.82) is 0 Å². The van der Waals surface area contributed by atoms with Crippen LogP contribution in [0.5, 0.6) is 0 Å². The van der Waals surface area contributed by atoms with Gasteiger partial charge >= 0.3 is 5.97 Å². The number of likely N-dealkylation sites (tertiary alicyclic amines) is 1. The van der Waals surface area contributed by atoms with E-state index in [9.17, 15) is 9.59 Å². The third-order valence-corrected chi connectivity index (χ3v) is 3.46. The Kier molecular flexibility index (Phi) is 4.93. The van der Waals surface area contributed by atoms with Crippen LogP contribution in [0.2, 0.25) is 0 Å². The van der Waals surface area contributed by atoms with Crippen molar-refractivity contribution in [2.75, 3.05) is 19.6 Å². The van der Waals surface area contributed by atoms with Crippen molar-refractivity contribution in [2.45, 2.75) is 26.7 Å². The molecule has 1 amide bonds. The van der Waals surface area contributed by atoms with E-state index in [0.29, 0.717) is 26.1 Å². The molecule has 3 N–H and O–H groups in total. The molecule has 0 aromatic heterocycles. The number of nitrogens with zero attached hydrogens (tertiary/aromatic N) is 1. The molecule has 1 fully saturated rings. The van der Waals surface area contributed by atoms with Gasteiger partial charge in [-0.05, 0) is 18.8 Å². The maximum atomic E-state index is 12.2. The second kappa shape index (κ2) is 6.00. The van der Waals surface area contributed by atoms with Crippen LogP contribution in [-0.4, -0.2) is 41.5 Å². The molecular weight excluding hydrogens is 220 g/mol. The molecule has 0 radical (unpaired) electrons. The van der Waals surface area contributed by atoms with Crippen molar-refractivity contribution in [3.05, 3.63) is 0 Å². The van der Waals surface area contributed by atoms with Crippen molar-refractivity contribution in [3.63, 3.8) is 0 Å². The van der Waals surface area contributed by atoms with Gasteiger partial charge in [0.05, 0.1) is 11.8 Å². The van der Waals surface area contributed by atoms with Crippen LogP contribution in [0.25, 0.3) is 0 Å². The van der Waals surface area contributed by atoms with Gasteiger partial charge in [0.2, 0.25) is 5.91 Å². The molecule has 2 atom stereocenters. The maximum absolute atomic E-state index is 12.2. The summed E-state index contributed by atoms with van der Waals surface area (Å²) >= 11 is 0. The lowest BCUT2D eigenvalue weighted by atomic mass is 9.91. The van der Waals surface area contributed by atoms with Crippen molar-refractivity contribution in [2.24, 2.45) is 23.5 Å². The molecule has 17 heavy (non-hydrogen) atoms. The highest BCUT2D eigenvalue weighted by Crippen LogP contribution is 2.20. The Labute approximate surface area is 102 Å². The summed E-state index contributed by atoms with van der Waals surface area (Å²) in [5, 5.41) is 8.98. The SMILES string of the molecule is CC(C)C(CN)C(=O)N1CCC[C@H](C(=O)O)C1. The molecule has 0 aromatic carbocycles. The summed E-state index contributed by atoms with van der Waals surface area (Å²) in [6.45, 7) is 5.25. The second-order valence-electron chi connectivity index (χ2n) is 5.05. The van der Waals surface area contributed by atoms with Crippen molar-refractivity contribution in [3.8, 4) is 0 Å². The highest BCUT2D eigenvalue weighted by Gasteiger charge is 2.32. The van der Waals surface area contributed by atoms with Gasteiger partial charge in [0.25, 0.3) is 0 Å². The molecule has 0 spiro atoms. The fourth-order valence-corrected chi connectivity index (χ4v) is 2.27. The second-order valence-corrected chi connectivity index (χ2v) is 5.05. The lowest BCUT2D eigenvalue weighted by Gasteiger charge is -2.34. The summed E-state index contributed by atoms with van der Waals surface area (Å²) in [5.41, 5.74) is 5.61. The van der Waals surface area contributed by atoms with E-state index in [1.807, 2.05) is 13.8 Å². The quantitative estimate of drug-likeness (QED) is 0.753. The third-order valence-electron chi connectivity index (χ3n) is 3.46. The number of carboxylic acids is 1. The molecule has 0 aromatic rings. The Morgan fingerprint density at radius 1 is 1.47 bits per heavy atom. The van der Waals surface area contributed by atoms with Gasteiger partial charge in [0.1, 0.15) is 0 Å². The molecule has 0 saturated carbocycles. The number of hydrogen-bond donors (Lipinski definition) is 2. The van der Waals surface area contributed by atoms with E-state index in [1.54, 1.807) is 4.90 Å². The zero-order valence-corrected chi connectivity index (χ0v) is 10.6. The highest BCUT2D eigenvalue weighted by atomic mass is 16.4. The fraction of sp³-hybridized carbons (Fsp3) is 0.833. The summed E-state index contributed by atoms with van der Waals surface area (Å²) < 4.78 is 0. The van der Waals surface area contributed by atoms with E-state index in [2.05, 4.69) is 0 Å². The first-order valence-corrected chi connectivity index (χ1v) is 6.19. The largest absolute Gasteiger partial charge is 0.481 e. The molecule has 5 heteroatoms. The van der Waals surface area contributed by atoms with E-state index in [0.717, 1.165) is 6.42 Å². The average Bonchev–Trinajstić information content (AvgIpc) is 2.29. The lowest BCUT2D eigenvalue weighted by Crippen LogP contribution is -2.47. The number of hydrogen-bond acceptors (Lipinski definition) is 3. The van der Waals surface area contributed by atoms with Crippen LogP contribution in [0.4, 0.5) is 0 Å². The first kappa shape index (κ1) is 14.0. The standard InChI is InChI=1S/C12H22N2O3/c1-8(2)10(6-13)11(15)14-5-3-4-9(7-14)12(16)17/h8-10H,3-7,13H2,1-2H3,(H,16,17)/t9-,10?/m0/s1. The molecule has 98 valence electrons. The molecular formula is C12H22N2O3. The summed E-state index contributed by atoms with van der Waals surface area (Å²) in [6.07, 6.45) is 1.42. The number of piperidine rings is 1. The molecule has 1 aliphatic rings. The Morgan fingerprint density at radius 2 is 2.12 bits per heavy atom. The summed E-state index contributed by atoms with van der Waals surface area (Å²) in [4.78, 5) is 24.8. The molecule has 1 saturated heterocycles. The van der Waals surface area contributed by atoms with Crippen molar-refractivity contribution >= 4 is 11.9 Å². The van der Waals surface area contributed by atoms with Crippen molar-refractivity contribution < 1.29 is 14.7 Å². The normalized spacial score (nSPS) is 22.6. The molecule has 1 aliphatic heterocycles. The Hall–Kier alpha value is -1.10. The minimum atomic E-state index is -0.809. The van der Waals surface area contributed by atoms with Gasteiger partial charge in [-0.15, -0.1) is 0 Å². The zero-order chi connectivity index (χ0) is 13.0. The molecule has 5 nitrogen and oxygen atoms in total. The van der Waals surface area contributed by atoms with Gasteiger partial charge in [-0.2, -0.15) is 0 Å². The summed E-state index contributed by atoms with van der Waals surface area (Å²) in [6, 6.07) is 0. The van der Waals surface area contributed by atoms with Gasteiger partial charge in [0.15, 0.2) is 0 Å². The first-order chi connectivity index (χ1) is 7.97. The number of rotatable bonds is 4. The van der Waals surface area contributed by atoms with Gasteiger partial charge < -0.3 is 15.7 Å². The number of aliphatic carboxylic acids is 1. The van der Waals surface area contributed by atoms with Crippen molar-refractivity contribution in [1.82, 2.24) is 4.90 Å². The Morgan fingerprint density at radius 3 is 2.59 bits per heavy atom. The fourth-order valence-electron chi connectivity index (χ4n) is 2.27. The van der Waals surface area contributed by atoms with Crippen LogP contribution in [0, 0.1) is 17.8 Å².